The van der Waals surface area contributed by atoms with Crippen LogP contribution in [0.25, 0.3) is 0 Å². The lowest BCUT2D eigenvalue weighted by Crippen LogP contribution is -2.31. The van der Waals surface area contributed by atoms with E-state index in [0.29, 0.717) is 5.56 Å². The van der Waals surface area contributed by atoms with Crippen LogP contribution in [0.4, 0.5) is 4.39 Å². The average Bonchev–Trinajstić information content (AvgIpc) is 2.23. The fraction of sp³-hybridized carbons (Fsp3) is 0.538. The van der Waals surface area contributed by atoms with Crippen LogP contribution in [-0.4, -0.2) is 17.5 Å². The first-order valence-electron chi connectivity index (χ1n) is 5.45. The molecule has 0 spiro atoms. The first kappa shape index (κ1) is 13.5. The Bertz CT molecular complexity index is 350. The number of aryl methyl sites for hydroxylation is 1. The smallest absolute Gasteiger partial charge is 0.126 e. The summed E-state index contributed by atoms with van der Waals surface area (Å²) < 4.78 is 13.3. The molecule has 90 valence electrons. The maximum Gasteiger partial charge on any atom is 0.126 e. The second kappa shape index (κ2) is 5.69. The van der Waals surface area contributed by atoms with Crippen LogP contribution in [0.3, 0.4) is 0 Å². The Morgan fingerprint density at radius 1 is 1.38 bits per heavy atom. The molecule has 1 aromatic rings. The standard InChI is InChI=1S/C13H20FNS/c1-10-7-11(5-6-12(10)14)8-15-9-13(2,3)16-4/h5-7,15H,8-9H2,1-4H3. The van der Waals surface area contributed by atoms with Gasteiger partial charge in [-0.1, -0.05) is 12.1 Å². The quantitative estimate of drug-likeness (QED) is 0.848. The Morgan fingerprint density at radius 2 is 2.06 bits per heavy atom. The topological polar surface area (TPSA) is 12.0 Å². The van der Waals surface area contributed by atoms with Crippen molar-refractivity contribution in [1.29, 1.82) is 0 Å². The molecule has 0 aliphatic rings. The summed E-state index contributed by atoms with van der Waals surface area (Å²) in [5.41, 5.74) is 1.85. The van der Waals surface area contributed by atoms with Crippen LogP contribution >= 0.6 is 11.8 Å². The van der Waals surface area contributed by atoms with Gasteiger partial charge in [-0.05, 0) is 44.2 Å². The Balaban J connectivity index is 2.46. The molecular formula is C13H20FNS. The van der Waals surface area contributed by atoms with E-state index < -0.39 is 0 Å². The van der Waals surface area contributed by atoms with Crippen LogP contribution in [0.15, 0.2) is 18.2 Å². The van der Waals surface area contributed by atoms with E-state index in [1.807, 2.05) is 23.9 Å². The highest BCUT2D eigenvalue weighted by Gasteiger charge is 2.14. The third-order valence-electron chi connectivity index (χ3n) is 2.65. The van der Waals surface area contributed by atoms with Crippen LogP contribution in [0, 0.1) is 12.7 Å². The van der Waals surface area contributed by atoms with E-state index in [4.69, 9.17) is 0 Å². The van der Waals surface area contributed by atoms with Gasteiger partial charge in [-0.3, -0.25) is 0 Å². The Labute approximate surface area is 102 Å². The number of benzene rings is 1. The van der Waals surface area contributed by atoms with Gasteiger partial charge in [-0.2, -0.15) is 11.8 Å². The lowest BCUT2D eigenvalue weighted by atomic mass is 10.1. The molecular weight excluding hydrogens is 221 g/mol. The summed E-state index contributed by atoms with van der Waals surface area (Å²) >= 11 is 1.85. The lowest BCUT2D eigenvalue weighted by Gasteiger charge is -2.22. The highest BCUT2D eigenvalue weighted by molar-refractivity contribution is 7.99. The number of halogens is 1. The van der Waals surface area contributed by atoms with Crippen molar-refractivity contribution in [2.24, 2.45) is 0 Å². The van der Waals surface area contributed by atoms with Crippen molar-refractivity contribution in [3.05, 3.63) is 35.1 Å². The first-order valence-corrected chi connectivity index (χ1v) is 6.68. The molecule has 0 bridgehead atoms. The summed E-state index contributed by atoms with van der Waals surface area (Å²) in [7, 11) is 0. The van der Waals surface area contributed by atoms with Crippen LogP contribution in [0.2, 0.25) is 0 Å². The second-order valence-corrected chi connectivity index (χ2v) is 6.16. The number of hydrogen-bond acceptors (Lipinski definition) is 2. The molecule has 1 N–H and O–H groups in total. The summed E-state index contributed by atoms with van der Waals surface area (Å²) in [6.07, 6.45) is 2.11. The zero-order valence-corrected chi connectivity index (χ0v) is 11.2. The van der Waals surface area contributed by atoms with E-state index in [1.54, 1.807) is 6.92 Å². The number of nitrogens with one attached hydrogen (secondary N) is 1. The normalized spacial score (nSPS) is 11.8. The highest BCUT2D eigenvalue weighted by atomic mass is 32.2. The number of thioether (sulfide) groups is 1. The Kier molecular flexibility index (Phi) is 4.81. The van der Waals surface area contributed by atoms with Gasteiger partial charge in [0.05, 0.1) is 0 Å². The Hall–Kier alpha value is -0.540. The molecule has 0 aromatic heterocycles. The molecule has 0 aliphatic heterocycles. The predicted octanol–water partition coefficient (Wildman–Crippen LogP) is 3.37. The minimum Gasteiger partial charge on any atom is -0.311 e. The molecule has 0 unspecified atom stereocenters. The summed E-state index contributed by atoms with van der Waals surface area (Å²) in [5.74, 6) is -0.131. The summed E-state index contributed by atoms with van der Waals surface area (Å²) in [5, 5.41) is 3.40. The van der Waals surface area contributed by atoms with Gasteiger partial charge in [0.1, 0.15) is 5.82 Å². The number of rotatable bonds is 5. The molecule has 0 heterocycles. The van der Waals surface area contributed by atoms with Crippen molar-refractivity contribution in [3.63, 3.8) is 0 Å². The molecule has 1 rings (SSSR count). The lowest BCUT2D eigenvalue weighted by molar-refractivity contribution is 0.587. The maximum absolute atomic E-state index is 13.0. The molecule has 0 saturated carbocycles. The van der Waals surface area contributed by atoms with Gasteiger partial charge in [0.2, 0.25) is 0 Å². The molecule has 1 nitrogen and oxygen atoms in total. The van der Waals surface area contributed by atoms with Gasteiger partial charge >= 0.3 is 0 Å². The van der Waals surface area contributed by atoms with Crippen molar-refractivity contribution in [1.82, 2.24) is 5.32 Å². The number of hydrogen-bond donors (Lipinski definition) is 1. The zero-order chi connectivity index (χ0) is 12.2. The summed E-state index contributed by atoms with van der Waals surface area (Å²) in [4.78, 5) is 0. The molecule has 3 heteroatoms. The van der Waals surface area contributed by atoms with Crippen molar-refractivity contribution in [3.8, 4) is 0 Å². The van der Waals surface area contributed by atoms with E-state index in [-0.39, 0.29) is 10.6 Å². The van der Waals surface area contributed by atoms with Crippen LogP contribution in [-0.2, 0) is 6.54 Å². The van der Waals surface area contributed by atoms with Crippen molar-refractivity contribution < 1.29 is 4.39 Å². The van der Waals surface area contributed by atoms with Crippen LogP contribution in [0.1, 0.15) is 25.0 Å². The zero-order valence-electron chi connectivity index (χ0n) is 10.4. The highest BCUT2D eigenvalue weighted by Crippen LogP contribution is 2.19. The van der Waals surface area contributed by atoms with Gasteiger partial charge in [0.25, 0.3) is 0 Å². The van der Waals surface area contributed by atoms with Gasteiger partial charge in [0, 0.05) is 17.8 Å². The molecule has 0 aliphatic carbocycles. The fourth-order valence-electron chi connectivity index (χ4n) is 1.40. The van der Waals surface area contributed by atoms with E-state index in [2.05, 4.69) is 25.4 Å². The third-order valence-corrected chi connectivity index (χ3v) is 3.90. The van der Waals surface area contributed by atoms with Crippen LogP contribution in [0.5, 0.6) is 0 Å². The van der Waals surface area contributed by atoms with Crippen molar-refractivity contribution >= 4 is 11.8 Å². The van der Waals surface area contributed by atoms with Gasteiger partial charge in [-0.15, -0.1) is 0 Å². The minimum absolute atomic E-state index is 0.131. The fourth-order valence-corrected chi connectivity index (χ4v) is 1.64. The van der Waals surface area contributed by atoms with Gasteiger partial charge < -0.3 is 5.32 Å². The van der Waals surface area contributed by atoms with E-state index in [0.717, 1.165) is 18.7 Å². The molecule has 0 radical (unpaired) electrons. The molecule has 16 heavy (non-hydrogen) atoms. The third kappa shape index (κ3) is 4.14. The predicted molar refractivity (Wildman–Crippen MR) is 70.4 cm³/mol. The van der Waals surface area contributed by atoms with Crippen molar-refractivity contribution in [2.75, 3.05) is 12.8 Å². The molecule has 1 aromatic carbocycles. The second-order valence-electron chi connectivity index (χ2n) is 4.65. The molecule has 0 amide bonds. The van der Waals surface area contributed by atoms with E-state index in [1.165, 1.54) is 6.07 Å². The monoisotopic (exact) mass is 241 g/mol. The summed E-state index contributed by atoms with van der Waals surface area (Å²) in [6.45, 7) is 7.96. The summed E-state index contributed by atoms with van der Waals surface area (Å²) in [6, 6.07) is 5.27. The average molecular weight is 241 g/mol. The first-order chi connectivity index (χ1) is 7.44. The van der Waals surface area contributed by atoms with Gasteiger partial charge in [-0.25, -0.2) is 4.39 Å². The molecule has 0 atom stereocenters. The molecule has 0 saturated heterocycles. The Morgan fingerprint density at radius 3 is 2.62 bits per heavy atom. The SMILES string of the molecule is CSC(C)(C)CNCc1ccc(F)c(C)c1. The van der Waals surface area contributed by atoms with Crippen molar-refractivity contribution in [2.45, 2.75) is 32.1 Å². The van der Waals surface area contributed by atoms with E-state index >= 15 is 0 Å². The van der Waals surface area contributed by atoms with Gasteiger partial charge in [0.15, 0.2) is 0 Å². The molecule has 0 fully saturated rings. The minimum atomic E-state index is -0.131. The maximum atomic E-state index is 13.0. The van der Waals surface area contributed by atoms with E-state index in [9.17, 15) is 4.39 Å². The largest absolute Gasteiger partial charge is 0.311 e. The van der Waals surface area contributed by atoms with Crippen LogP contribution < -0.4 is 5.32 Å².